The maximum Gasteiger partial charge on any atom is 0.126 e. The van der Waals surface area contributed by atoms with Crippen LogP contribution in [0.5, 0.6) is 0 Å². The fourth-order valence-corrected chi connectivity index (χ4v) is 6.23. The Bertz CT molecular complexity index is 680. The smallest absolute Gasteiger partial charge is 0.126 e. The molecule has 0 bridgehead atoms. The van der Waals surface area contributed by atoms with E-state index in [1.165, 1.54) is 108 Å². The standard InChI is InChI=1S/C30H47F/c1-3-5-6-11-19-30(20-12-8-13-21-30)22-18-28(23-25-14-9-7-10-15-25)27-17-16-26(4-2)29(31)24-27/h14,16-17,24,28H,3-13,15,18-23H2,1-2H3. The Balaban J connectivity index is 1.72. The quantitative estimate of drug-likeness (QED) is 0.230. The van der Waals surface area contributed by atoms with Gasteiger partial charge in [-0.15, -0.1) is 0 Å². The van der Waals surface area contributed by atoms with Gasteiger partial charge in [-0.05, 0) is 99.2 Å². The maximum absolute atomic E-state index is 14.7. The minimum atomic E-state index is 0.00886. The molecule has 1 aromatic rings. The summed E-state index contributed by atoms with van der Waals surface area (Å²) in [5, 5.41) is 0. The van der Waals surface area contributed by atoms with Crippen LogP contribution in [0.3, 0.4) is 0 Å². The molecular formula is C30H47F. The molecule has 1 fully saturated rings. The Morgan fingerprint density at radius 1 is 0.935 bits per heavy atom. The van der Waals surface area contributed by atoms with E-state index in [-0.39, 0.29) is 5.82 Å². The lowest BCUT2D eigenvalue weighted by atomic mass is 9.66. The van der Waals surface area contributed by atoms with Crippen molar-refractivity contribution in [3.05, 3.63) is 46.8 Å². The van der Waals surface area contributed by atoms with E-state index >= 15 is 0 Å². The molecule has 0 amide bonds. The van der Waals surface area contributed by atoms with Gasteiger partial charge in [0.2, 0.25) is 0 Å². The van der Waals surface area contributed by atoms with E-state index in [4.69, 9.17) is 0 Å². The molecular weight excluding hydrogens is 379 g/mol. The monoisotopic (exact) mass is 426 g/mol. The van der Waals surface area contributed by atoms with E-state index < -0.39 is 0 Å². The molecule has 2 aliphatic carbocycles. The Kier molecular flexibility index (Phi) is 10.1. The van der Waals surface area contributed by atoms with Crippen molar-refractivity contribution in [1.82, 2.24) is 0 Å². The van der Waals surface area contributed by atoms with Crippen molar-refractivity contribution in [3.8, 4) is 0 Å². The van der Waals surface area contributed by atoms with Gasteiger partial charge in [-0.3, -0.25) is 0 Å². The van der Waals surface area contributed by atoms with Crippen LogP contribution in [0.4, 0.5) is 4.39 Å². The zero-order chi connectivity index (χ0) is 21.9. The van der Waals surface area contributed by atoms with Gasteiger partial charge in [0.05, 0.1) is 0 Å². The number of rotatable bonds is 12. The highest BCUT2D eigenvalue weighted by Gasteiger charge is 2.32. The lowest BCUT2D eigenvalue weighted by Gasteiger charge is -2.39. The third kappa shape index (κ3) is 7.47. The van der Waals surface area contributed by atoms with Gasteiger partial charge in [0.25, 0.3) is 0 Å². The Hall–Kier alpha value is -1.11. The van der Waals surface area contributed by atoms with Crippen LogP contribution in [-0.4, -0.2) is 0 Å². The number of halogens is 1. The van der Waals surface area contributed by atoms with Gasteiger partial charge in [-0.1, -0.05) is 82.6 Å². The molecule has 31 heavy (non-hydrogen) atoms. The van der Waals surface area contributed by atoms with Gasteiger partial charge < -0.3 is 0 Å². The van der Waals surface area contributed by atoms with Crippen molar-refractivity contribution >= 4 is 0 Å². The van der Waals surface area contributed by atoms with E-state index in [9.17, 15) is 4.39 Å². The first-order valence-corrected chi connectivity index (χ1v) is 13.6. The second-order valence-electron chi connectivity index (χ2n) is 10.6. The van der Waals surface area contributed by atoms with Crippen LogP contribution in [0.2, 0.25) is 0 Å². The van der Waals surface area contributed by atoms with Gasteiger partial charge in [-0.25, -0.2) is 4.39 Å². The molecule has 0 nitrogen and oxygen atoms in total. The molecule has 1 aromatic carbocycles. The maximum atomic E-state index is 14.7. The molecule has 0 saturated heterocycles. The highest BCUT2D eigenvalue weighted by atomic mass is 19.1. The molecule has 0 N–H and O–H groups in total. The molecule has 1 saturated carbocycles. The lowest BCUT2D eigenvalue weighted by Crippen LogP contribution is -2.25. The first-order chi connectivity index (χ1) is 15.2. The van der Waals surface area contributed by atoms with E-state index in [1.807, 2.05) is 19.1 Å². The minimum Gasteiger partial charge on any atom is -0.207 e. The summed E-state index contributed by atoms with van der Waals surface area (Å²) in [6.07, 6.45) is 26.2. The van der Waals surface area contributed by atoms with Gasteiger partial charge in [0.15, 0.2) is 0 Å². The predicted octanol–water partition coefficient (Wildman–Crippen LogP) is 10.1. The summed E-state index contributed by atoms with van der Waals surface area (Å²) in [4.78, 5) is 0. The summed E-state index contributed by atoms with van der Waals surface area (Å²) in [5.41, 5.74) is 4.31. The topological polar surface area (TPSA) is 0 Å². The summed E-state index contributed by atoms with van der Waals surface area (Å²) in [7, 11) is 0. The molecule has 0 aliphatic heterocycles. The second kappa shape index (κ2) is 12.8. The number of allylic oxidation sites excluding steroid dienone is 2. The van der Waals surface area contributed by atoms with Crippen molar-refractivity contribution in [1.29, 1.82) is 0 Å². The van der Waals surface area contributed by atoms with Crippen LogP contribution < -0.4 is 0 Å². The Morgan fingerprint density at radius 3 is 2.45 bits per heavy atom. The average molecular weight is 427 g/mol. The fourth-order valence-electron chi connectivity index (χ4n) is 6.23. The van der Waals surface area contributed by atoms with Crippen molar-refractivity contribution in [2.24, 2.45) is 5.41 Å². The highest BCUT2D eigenvalue weighted by molar-refractivity contribution is 5.28. The molecule has 0 spiro atoms. The van der Waals surface area contributed by atoms with Crippen LogP contribution in [0.1, 0.15) is 140 Å². The van der Waals surface area contributed by atoms with Crippen molar-refractivity contribution in [2.75, 3.05) is 0 Å². The second-order valence-corrected chi connectivity index (χ2v) is 10.6. The van der Waals surface area contributed by atoms with Gasteiger partial charge in [-0.2, -0.15) is 0 Å². The SMILES string of the molecule is CCCCCCC1(CCC(CC2=CCCCC2)c2ccc(CC)c(F)c2)CCCCC1. The van der Waals surface area contributed by atoms with Crippen LogP contribution >= 0.6 is 0 Å². The molecule has 1 unspecified atom stereocenters. The molecule has 1 heteroatoms. The largest absolute Gasteiger partial charge is 0.207 e. The zero-order valence-corrected chi connectivity index (χ0v) is 20.5. The molecule has 174 valence electrons. The predicted molar refractivity (Wildman–Crippen MR) is 133 cm³/mol. The summed E-state index contributed by atoms with van der Waals surface area (Å²) in [5.74, 6) is 0.494. The van der Waals surface area contributed by atoms with E-state index in [0.717, 1.165) is 18.4 Å². The number of hydrogen-bond acceptors (Lipinski definition) is 0. The highest BCUT2D eigenvalue weighted by Crippen LogP contribution is 2.47. The van der Waals surface area contributed by atoms with Crippen LogP contribution in [-0.2, 0) is 6.42 Å². The zero-order valence-electron chi connectivity index (χ0n) is 20.5. The lowest BCUT2D eigenvalue weighted by molar-refractivity contribution is 0.144. The third-order valence-electron chi connectivity index (χ3n) is 8.32. The molecule has 3 rings (SSSR count). The van der Waals surface area contributed by atoms with E-state index in [0.29, 0.717) is 11.3 Å². The molecule has 1 atom stereocenters. The van der Waals surface area contributed by atoms with Gasteiger partial charge in [0.1, 0.15) is 5.82 Å². The van der Waals surface area contributed by atoms with Crippen molar-refractivity contribution < 1.29 is 4.39 Å². The Morgan fingerprint density at radius 2 is 1.77 bits per heavy atom. The fraction of sp³-hybridized carbons (Fsp3) is 0.733. The van der Waals surface area contributed by atoms with E-state index in [2.05, 4.69) is 19.1 Å². The number of benzene rings is 1. The molecule has 2 aliphatic rings. The molecule has 0 radical (unpaired) electrons. The number of aryl methyl sites for hydroxylation is 1. The molecule has 0 aromatic heterocycles. The van der Waals surface area contributed by atoms with Crippen LogP contribution in [0, 0.1) is 11.2 Å². The normalized spacial score (nSPS) is 19.8. The number of unbranched alkanes of at least 4 members (excludes halogenated alkanes) is 3. The van der Waals surface area contributed by atoms with Gasteiger partial charge >= 0.3 is 0 Å². The average Bonchev–Trinajstić information content (AvgIpc) is 2.81. The van der Waals surface area contributed by atoms with Gasteiger partial charge in [0, 0.05) is 0 Å². The van der Waals surface area contributed by atoms with Crippen molar-refractivity contribution in [2.45, 2.75) is 135 Å². The summed E-state index contributed by atoms with van der Waals surface area (Å²) in [6.45, 7) is 4.36. The van der Waals surface area contributed by atoms with E-state index in [1.54, 1.807) is 5.57 Å². The summed E-state index contributed by atoms with van der Waals surface area (Å²) < 4.78 is 14.7. The minimum absolute atomic E-state index is 0.00886. The first-order valence-electron chi connectivity index (χ1n) is 13.6. The van der Waals surface area contributed by atoms with Crippen LogP contribution in [0.15, 0.2) is 29.8 Å². The summed E-state index contributed by atoms with van der Waals surface area (Å²) in [6, 6.07) is 6.17. The Labute approximate surface area is 192 Å². The first kappa shape index (κ1) is 24.5. The summed E-state index contributed by atoms with van der Waals surface area (Å²) >= 11 is 0. The third-order valence-corrected chi connectivity index (χ3v) is 8.32. The molecule has 0 heterocycles. The number of hydrogen-bond donors (Lipinski definition) is 0. The van der Waals surface area contributed by atoms with Crippen LogP contribution in [0.25, 0.3) is 0 Å². The van der Waals surface area contributed by atoms with Crippen molar-refractivity contribution in [3.63, 3.8) is 0 Å².